The Morgan fingerprint density at radius 1 is 1.33 bits per heavy atom. The summed E-state index contributed by atoms with van der Waals surface area (Å²) in [5.74, 6) is 1.67. The number of aromatic nitrogens is 2. The highest BCUT2D eigenvalue weighted by Gasteiger charge is 2.27. The average molecular weight is 227 g/mol. The molecule has 1 saturated carbocycles. The van der Waals surface area contributed by atoms with Gasteiger partial charge in [0.05, 0.1) is 0 Å². The minimum absolute atomic E-state index is 0.296. The van der Waals surface area contributed by atoms with Crippen molar-refractivity contribution in [2.24, 2.45) is 0 Å². The van der Waals surface area contributed by atoms with E-state index in [1.54, 1.807) is 0 Å². The molecule has 84 valence electrons. The third-order valence-corrected chi connectivity index (χ3v) is 3.18. The van der Waals surface area contributed by atoms with E-state index in [1.807, 2.05) is 0 Å². The Balaban J connectivity index is 1.64. The lowest BCUT2D eigenvalue weighted by molar-refractivity contribution is 0.283. The molecular weight excluding hydrogens is 210 g/mol. The zero-order valence-electron chi connectivity index (χ0n) is 8.78. The number of hydrogen-bond donors (Lipinski definition) is 2. The molecule has 2 N–H and O–H groups in total. The van der Waals surface area contributed by atoms with E-state index in [2.05, 4.69) is 14.7 Å². The quantitative estimate of drug-likeness (QED) is 0.699. The molecule has 0 atom stereocenters. The molecule has 1 aliphatic rings. The smallest absolute Gasteiger partial charge is 0.202 e. The summed E-state index contributed by atoms with van der Waals surface area (Å²) >= 11 is 1.46. The van der Waals surface area contributed by atoms with Crippen molar-refractivity contribution in [1.29, 1.82) is 0 Å². The highest BCUT2D eigenvalue weighted by atomic mass is 32.1. The summed E-state index contributed by atoms with van der Waals surface area (Å²) in [5.41, 5.74) is 0. The predicted molar refractivity (Wildman–Crippen MR) is 61.3 cm³/mol. The highest BCUT2D eigenvalue weighted by molar-refractivity contribution is 7.09. The van der Waals surface area contributed by atoms with Crippen LogP contribution in [0.3, 0.4) is 0 Å². The van der Waals surface area contributed by atoms with Gasteiger partial charge in [0.1, 0.15) is 5.82 Å². The minimum Gasteiger partial charge on any atom is -0.396 e. The number of hydrogen-bond acceptors (Lipinski definition) is 5. The van der Waals surface area contributed by atoms with Gasteiger partial charge in [-0.05, 0) is 32.1 Å². The molecule has 0 unspecified atom stereocenters. The van der Waals surface area contributed by atoms with Crippen LogP contribution in [-0.2, 0) is 0 Å². The van der Waals surface area contributed by atoms with E-state index in [0.29, 0.717) is 12.5 Å². The molecule has 0 bridgehead atoms. The zero-order valence-corrected chi connectivity index (χ0v) is 9.59. The van der Waals surface area contributed by atoms with Crippen LogP contribution >= 0.6 is 11.5 Å². The van der Waals surface area contributed by atoms with Crippen LogP contribution in [0.2, 0.25) is 0 Å². The average Bonchev–Trinajstić information content (AvgIpc) is 2.99. The highest BCUT2D eigenvalue weighted by Crippen LogP contribution is 2.39. The first-order chi connectivity index (χ1) is 7.40. The fourth-order valence-electron chi connectivity index (χ4n) is 1.42. The Morgan fingerprint density at radius 2 is 2.20 bits per heavy atom. The Bertz CT molecular complexity index is 299. The maximum absolute atomic E-state index is 8.61. The van der Waals surface area contributed by atoms with Crippen molar-refractivity contribution in [3.8, 4) is 0 Å². The molecule has 0 amide bonds. The number of anilines is 1. The molecule has 0 aliphatic heterocycles. The summed E-state index contributed by atoms with van der Waals surface area (Å²) in [5, 5.41) is 12.8. The fourth-order valence-corrected chi connectivity index (χ4v) is 2.09. The molecule has 5 heteroatoms. The Kier molecular flexibility index (Phi) is 3.91. The minimum atomic E-state index is 0.296. The van der Waals surface area contributed by atoms with E-state index in [1.165, 1.54) is 24.4 Å². The van der Waals surface area contributed by atoms with Gasteiger partial charge in [-0.1, -0.05) is 0 Å². The van der Waals surface area contributed by atoms with Crippen LogP contribution in [0.25, 0.3) is 0 Å². The van der Waals surface area contributed by atoms with E-state index in [4.69, 9.17) is 5.11 Å². The number of nitrogens with zero attached hydrogens (tertiary/aromatic N) is 2. The molecule has 0 saturated heterocycles. The maximum atomic E-state index is 8.61. The van der Waals surface area contributed by atoms with Crippen molar-refractivity contribution in [3.05, 3.63) is 5.82 Å². The van der Waals surface area contributed by atoms with Gasteiger partial charge >= 0.3 is 0 Å². The third-order valence-electron chi connectivity index (χ3n) is 2.50. The number of unbranched alkanes of at least 4 members (excludes halogenated alkanes) is 2. The molecule has 0 aromatic carbocycles. The predicted octanol–water partition coefficient (Wildman–Crippen LogP) is 1.99. The van der Waals surface area contributed by atoms with Gasteiger partial charge in [-0.15, -0.1) is 0 Å². The first-order valence-electron chi connectivity index (χ1n) is 5.58. The van der Waals surface area contributed by atoms with Gasteiger partial charge in [0.15, 0.2) is 0 Å². The largest absolute Gasteiger partial charge is 0.396 e. The summed E-state index contributed by atoms with van der Waals surface area (Å²) in [6.45, 7) is 1.23. The molecule has 1 aromatic heterocycles. The fraction of sp³-hybridized carbons (Fsp3) is 0.800. The van der Waals surface area contributed by atoms with Crippen molar-refractivity contribution in [2.45, 2.75) is 38.0 Å². The van der Waals surface area contributed by atoms with Gasteiger partial charge in [-0.3, -0.25) is 0 Å². The topological polar surface area (TPSA) is 58.0 Å². The summed E-state index contributed by atoms with van der Waals surface area (Å²) in [7, 11) is 0. The van der Waals surface area contributed by atoms with Crippen LogP contribution in [0.5, 0.6) is 0 Å². The first-order valence-corrected chi connectivity index (χ1v) is 6.36. The Labute approximate surface area is 93.9 Å². The van der Waals surface area contributed by atoms with Crippen molar-refractivity contribution < 1.29 is 5.11 Å². The van der Waals surface area contributed by atoms with E-state index >= 15 is 0 Å². The number of aliphatic hydroxyl groups is 1. The van der Waals surface area contributed by atoms with E-state index in [0.717, 1.165) is 36.8 Å². The van der Waals surface area contributed by atoms with Gasteiger partial charge in [-0.2, -0.15) is 4.37 Å². The maximum Gasteiger partial charge on any atom is 0.202 e. The van der Waals surface area contributed by atoms with E-state index < -0.39 is 0 Å². The first kappa shape index (κ1) is 10.8. The van der Waals surface area contributed by atoms with Gasteiger partial charge in [-0.25, -0.2) is 4.98 Å². The summed E-state index contributed by atoms with van der Waals surface area (Å²) < 4.78 is 4.32. The van der Waals surface area contributed by atoms with E-state index in [-0.39, 0.29) is 0 Å². The summed E-state index contributed by atoms with van der Waals surface area (Å²) in [6.07, 6.45) is 5.56. The zero-order chi connectivity index (χ0) is 10.5. The number of aliphatic hydroxyl groups excluding tert-OH is 1. The van der Waals surface area contributed by atoms with Crippen LogP contribution in [0.4, 0.5) is 5.13 Å². The van der Waals surface area contributed by atoms with E-state index in [9.17, 15) is 0 Å². The molecule has 15 heavy (non-hydrogen) atoms. The Hall–Kier alpha value is -0.680. The number of rotatable bonds is 7. The normalized spacial score (nSPS) is 15.5. The molecular formula is C10H17N3OS. The lowest BCUT2D eigenvalue weighted by Crippen LogP contribution is -2.01. The van der Waals surface area contributed by atoms with Crippen molar-refractivity contribution in [3.63, 3.8) is 0 Å². The van der Waals surface area contributed by atoms with Crippen LogP contribution in [0, 0.1) is 0 Å². The van der Waals surface area contributed by atoms with Crippen molar-refractivity contribution in [2.75, 3.05) is 18.5 Å². The molecule has 0 radical (unpaired) electrons. The molecule has 2 rings (SSSR count). The van der Waals surface area contributed by atoms with Gasteiger partial charge < -0.3 is 10.4 Å². The molecule has 1 fully saturated rings. The second kappa shape index (κ2) is 5.42. The monoisotopic (exact) mass is 227 g/mol. The third kappa shape index (κ3) is 3.43. The van der Waals surface area contributed by atoms with Crippen LogP contribution in [-0.4, -0.2) is 27.6 Å². The molecule has 1 aliphatic carbocycles. The lowest BCUT2D eigenvalue weighted by Gasteiger charge is -2.00. The van der Waals surface area contributed by atoms with Gasteiger partial charge in [0.25, 0.3) is 0 Å². The second-order valence-corrected chi connectivity index (χ2v) is 4.69. The van der Waals surface area contributed by atoms with Crippen molar-refractivity contribution in [1.82, 2.24) is 9.36 Å². The second-order valence-electron chi connectivity index (χ2n) is 3.94. The molecule has 1 aromatic rings. The molecule has 4 nitrogen and oxygen atoms in total. The Morgan fingerprint density at radius 3 is 2.93 bits per heavy atom. The number of nitrogens with one attached hydrogen (secondary N) is 1. The lowest BCUT2D eigenvalue weighted by atomic mass is 10.2. The van der Waals surface area contributed by atoms with Gasteiger partial charge in [0.2, 0.25) is 5.13 Å². The molecule has 0 spiro atoms. The summed E-state index contributed by atoms with van der Waals surface area (Å²) in [4.78, 5) is 4.44. The van der Waals surface area contributed by atoms with Gasteiger partial charge in [0, 0.05) is 30.6 Å². The SMILES string of the molecule is OCCCCCNc1nc(C2CC2)ns1. The van der Waals surface area contributed by atoms with Crippen LogP contribution in [0.15, 0.2) is 0 Å². The standard InChI is InChI=1S/C10H17N3OS/c14-7-3-1-2-6-11-10-12-9(13-15-10)8-4-5-8/h8,14H,1-7H2,(H,11,12,13). The molecule has 1 heterocycles. The van der Waals surface area contributed by atoms with Crippen LogP contribution in [0.1, 0.15) is 43.8 Å². The van der Waals surface area contributed by atoms with Crippen molar-refractivity contribution >= 4 is 16.7 Å². The van der Waals surface area contributed by atoms with Crippen LogP contribution < -0.4 is 5.32 Å². The summed E-state index contributed by atoms with van der Waals surface area (Å²) in [6, 6.07) is 0.